The molecule has 1 fully saturated rings. The van der Waals surface area contributed by atoms with Crippen LogP contribution in [0.1, 0.15) is 77.6 Å². The zero-order chi connectivity index (χ0) is 32.2. The van der Waals surface area contributed by atoms with Crippen LogP contribution in [-0.2, 0) is 17.9 Å². The molecule has 8 heteroatoms. The summed E-state index contributed by atoms with van der Waals surface area (Å²) in [5, 5.41) is 18.8. The van der Waals surface area contributed by atoms with Gasteiger partial charge in [0, 0.05) is 29.7 Å². The molecule has 0 aromatic heterocycles. The number of halogens is 1. The molecule has 0 heterocycles. The van der Waals surface area contributed by atoms with E-state index in [9.17, 15) is 19.1 Å². The lowest BCUT2D eigenvalue weighted by Gasteiger charge is -2.23. The summed E-state index contributed by atoms with van der Waals surface area (Å²) in [6.07, 6.45) is 7.09. The molecule has 4 aromatic rings. The lowest BCUT2D eigenvalue weighted by atomic mass is 9.84. The van der Waals surface area contributed by atoms with Crippen molar-refractivity contribution in [3.8, 4) is 5.75 Å². The summed E-state index contributed by atoms with van der Waals surface area (Å²) in [5.74, 6) is -1.10. The second-order valence-electron chi connectivity index (χ2n) is 11.3. The molecule has 0 saturated heterocycles. The molecule has 1 aliphatic rings. The van der Waals surface area contributed by atoms with Crippen LogP contribution < -0.4 is 4.90 Å². The standard InChI is InChI=1S/C21H23NO4.C16H18FNS/c23-14-22(18-10-11-19(21(25)26)20(24)12-18)13-15-6-8-17(9-7-15)16-4-2-1-3-5-16;1-3-18(12-14-6-8-15(17)9-7-14)19-16-10-4-13(2)5-11-16/h6-12,14,16,24H,1-5,13H2,(H,25,26);4-11H,3,12H2,1-2H3. The van der Waals surface area contributed by atoms with E-state index >= 15 is 0 Å². The summed E-state index contributed by atoms with van der Waals surface area (Å²) in [6.45, 7) is 6.33. The van der Waals surface area contributed by atoms with Crippen LogP contribution in [0.2, 0.25) is 0 Å². The van der Waals surface area contributed by atoms with Crippen molar-refractivity contribution < 1.29 is 24.2 Å². The lowest BCUT2D eigenvalue weighted by Crippen LogP contribution is -2.20. The number of rotatable bonds is 11. The number of carbonyl (C=O) groups excluding carboxylic acids is 1. The van der Waals surface area contributed by atoms with Gasteiger partial charge in [0.1, 0.15) is 17.1 Å². The number of carboxylic acid groups (broad SMARTS) is 1. The van der Waals surface area contributed by atoms with Crippen LogP contribution in [0.4, 0.5) is 10.1 Å². The molecular formula is C37H41FN2O4S. The molecule has 1 aliphatic carbocycles. The number of hydrogen-bond donors (Lipinski definition) is 2. The number of nitrogens with zero attached hydrogens (tertiary/aromatic N) is 2. The van der Waals surface area contributed by atoms with Crippen LogP contribution in [0.15, 0.2) is 95.9 Å². The topological polar surface area (TPSA) is 81.1 Å². The minimum atomic E-state index is -1.20. The Balaban J connectivity index is 0.000000215. The quantitative estimate of drug-likeness (QED) is 0.128. The first-order chi connectivity index (χ1) is 21.7. The Morgan fingerprint density at radius 3 is 2.09 bits per heavy atom. The van der Waals surface area contributed by atoms with E-state index in [1.54, 1.807) is 11.9 Å². The molecule has 0 spiro atoms. The highest BCUT2D eigenvalue weighted by Crippen LogP contribution is 2.33. The first-order valence-electron chi connectivity index (χ1n) is 15.4. The third-order valence-electron chi connectivity index (χ3n) is 7.96. The van der Waals surface area contributed by atoms with Gasteiger partial charge in [-0.15, -0.1) is 0 Å². The summed E-state index contributed by atoms with van der Waals surface area (Å²) < 4.78 is 15.1. The molecule has 6 nitrogen and oxygen atoms in total. The largest absolute Gasteiger partial charge is 0.507 e. The Hall–Kier alpha value is -4.14. The molecule has 0 radical (unpaired) electrons. The fourth-order valence-corrected chi connectivity index (χ4v) is 6.25. The van der Waals surface area contributed by atoms with Crippen LogP contribution in [0, 0.1) is 12.7 Å². The number of hydrogen-bond acceptors (Lipinski definition) is 5. The van der Waals surface area contributed by atoms with Gasteiger partial charge >= 0.3 is 5.97 Å². The Labute approximate surface area is 269 Å². The highest BCUT2D eigenvalue weighted by molar-refractivity contribution is 7.97. The van der Waals surface area contributed by atoms with E-state index in [1.165, 1.54) is 83.4 Å². The first-order valence-corrected chi connectivity index (χ1v) is 16.1. The maximum absolute atomic E-state index is 12.9. The fourth-order valence-electron chi connectivity index (χ4n) is 5.35. The number of aryl methyl sites for hydroxylation is 1. The number of aromatic hydroxyl groups is 1. The van der Waals surface area contributed by atoms with Gasteiger partial charge in [0.25, 0.3) is 0 Å². The third kappa shape index (κ3) is 10.2. The Kier molecular flexibility index (Phi) is 12.6. The predicted molar refractivity (Wildman–Crippen MR) is 179 cm³/mol. The molecular weight excluding hydrogens is 587 g/mol. The first kappa shape index (κ1) is 33.7. The summed E-state index contributed by atoms with van der Waals surface area (Å²) in [6, 6.07) is 27.7. The van der Waals surface area contributed by atoms with Crippen molar-refractivity contribution in [2.45, 2.75) is 69.9 Å². The average molecular weight is 629 g/mol. The molecule has 4 aromatic carbocycles. The second-order valence-corrected chi connectivity index (χ2v) is 12.5. The monoisotopic (exact) mass is 628 g/mol. The number of aromatic carboxylic acids is 1. The fraction of sp³-hybridized carbons (Fsp3) is 0.297. The second kappa shape index (κ2) is 16.8. The van der Waals surface area contributed by atoms with E-state index in [-0.39, 0.29) is 17.1 Å². The molecule has 0 bridgehead atoms. The highest BCUT2D eigenvalue weighted by Gasteiger charge is 2.16. The zero-order valence-electron chi connectivity index (χ0n) is 25.9. The molecule has 0 atom stereocenters. The van der Waals surface area contributed by atoms with Crippen LogP contribution >= 0.6 is 11.9 Å². The van der Waals surface area contributed by atoms with E-state index < -0.39 is 5.97 Å². The average Bonchev–Trinajstić information content (AvgIpc) is 3.06. The molecule has 0 unspecified atom stereocenters. The van der Waals surface area contributed by atoms with E-state index in [1.807, 2.05) is 24.3 Å². The predicted octanol–water partition coefficient (Wildman–Crippen LogP) is 8.96. The highest BCUT2D eigenvalue weighted by atomic mass is 32.2. The smallest absolute Gasteiger partial charge is 0.339 e. The zero-order valence-corrected chi connectivity index (χ0v) is 26.7. The van der Waals surface area contributed by atoms with Crippen molar-refractivity contribution in [1.82, 2.24) is 4.31 Å². The molecule has 0 aliphatic heterocycles. The molecule has 1 amide bonds. The van der Waals surface area contributed by atoms with E-state index in [0.29, 0.717) is 24.6 Å². The normalized spacial score (nSPS) is 13.2. The summed E-state index contributed by atoms with van der Waals surface area (Å²) in [5.41, 5.74) is 5.01. The lowest BCUT2D eigenvalue weighted by molar-refractivity contribution is -0.107. The molecule has 45 heavy (non-hydrogen) atoms. The van der Waals surface area contributed by atoms with Crippen molar-refractivity contribution in [2.24, 2.45) is 0 Å². The number of anilines is 1. The molecule has 236 valence electrons. The van der Waals surface area contributed by atoms with Gasteiger partial charge in [-0.2, -0.15) is 0 Å². The summed E-state index contributed by atoms with van der Waals surface area (Å²) in [7, 11) is 0. The van der Waals surface area contributed by atoms with Crippen LogP contribution in [0.5, 0.6) is 5.75 Å². The number of carbonyl (C=O) groups is 2. The van der Waals surface area contributed by atoms with Gasteiger partial charge in [-0.05, 0) is 90.7 Å². The van der Waals surface area contributed by atoms with Crippen molar-refractivity contribution in [1.29, 1.82) is 0 Å². The number of carboxylic acids is 1. The van der Waals surface area contributed by atoms with Crippen molar-refractivity contribution in [3.05, 3.63) is 125 Å². The van der Waals surface area contributed by atoms with Crippen LogP contribution in [-0.4, -0.2) is 33.4 Å². The summed E-state index contributed by atoms with van der Waals surface area (Å²) >= 11 is 1.74. The Morgan fingerprint density at radius 2 is 1.51 bits per heavy atom. The number of phenols is 1. The third-order valence-corrected chi connectivity index (χ3v) is 9.09. The van der Waals surface area contributed by atoms with Gasteiger partial charge in [0.15, 0.2) is 0 Å². The van der Waals surface area contributed by atoms with E-state index in [0.717, 1.165) is 24.2 Å². The minimum Gasteiger partial charge on any atom is -0.507 e. The van der Waals surface area contributed by atoms with Gasteiger partial charge in [0.2, 0.25) is 6.41 Å². The minimum absolute atomic E-state index is 0.182. The number of amides is 1. The molecule has 2 N–H and O–H groups in total. The van der Waals surface area contributed by atoms with E-state index in [2.05, 4.69) is 54.6 Å². The van der Waals surface area contributed by atoms with Crippen LogP contribution in [0.25, 0.3) is 0 Å². The maximum atomic E-state index is 12.9. The van der Waals surface area contributed by atoms with Gasteiger partial charge in [-0.25, -0.2) is 13.5 Å². The van der Waals surface area contributed by atoms with E-state index in [4.69, 9.17) is 5.11 Å². The molecule has 1 saturated carbocycles. The summed E-state index contributed by atoms with van der Waals surface area (Å²) in [4.78, 5) is 25.1. The maximum Gasteiger partial charge on any atom is 0.339 e. The Morgan fingerprint density at radius 1 is 0.889 bits per heavy atom. The van der Waals surface area contributed by atoms with Crippen molar-refractivity contribution in [3.63, 3.8) is 0 Å². The van der Waals surface area contributed by atoms with Crippen LogP contribution in [0.3, 0.4) is 0 Å². The number of benzene rings is 4. The van der Waals surface area contributed by atoms with Crippen molar-refractivity contribution >= 4 is 30.0 Å². The van der Waals surface area contributed by atoms with Gasteiger partial charge in [-0.3, -0.25) is 4.79 Å². The van der Waals surface area contributed by atoms with Gasteiger partial charge in [0.05, 0.1) is 6.54 Å². The van der Waals surface area contributed by atoms with Gasteiger partial charge < -0.3 is 15.1 Å². The van der Waals surface area contributed by atoms with Gasteiger partial charge in [-0.1, -0.05) is 80.3 Å². The SMILES string of the molecule is CCN(Cc1ccc(F)cc1)Sc1ccc(C)cc1.O=CN(Cc1ccc(C2CCCCC2)cc1)c1ccc(C(=O)O)c(O)c1. The molecule has 5 rings (SSSR count). The Bertz CT molecular complexity index is 1470. The van der Waals surface area contributed by atoms with Crippen molar-refractivity contribution in [2.75, 3.05) is 11.4 Å².